The molecule has 2 heterocycles. The molecule has 10 heteroatoms. The molecular formula is C21H26N6O3S. The number of nitrogens with zero attached hydrogens (tertiary/aromatic N) is 3. The Morgan fingerprint density at radius 2 is 1.68 bits per heavy atom. The molecule has 164 valence electrons. The van der Waals surface area contributed by atoms with Crippen molar-refractivity contribution in [3.05, 3.63) is 40.7 Å². The number of hydrogen-bond acceptors (Lipinski definition) is 7. The number of piperazine rings is 1. The first-order valence-electron chi connectivity index (χ1n) is 10.8. The van der Waals surface area contributed by atoms with Gasteiger partial charge in [-0.25, -0.2) is 14.5 Å². The van der Waals surface area contributed by atoms with Gasteiger partial charge in [-0.1, -0.05) is 6.07 Å². The minimum atomic E-state index is -4.15. The number of aromatic nitrogens is 2. The topological polar surface area (TPSA) is 116 Å². The summed E-state index contributed by atoms with van der Waals surface area (Å²) in [5.74, 6) is 0.489. The van der Waals surface area contributed by atoms with Gasteiger partial charge in [0.25, 0.3) is 10.0 Å². The van der Waals surface area contributed by atoms with Crippen molar-refractivity contribution in [1.82, 2.24) is 20.0 Å². The van der Waals surface area contributed by atoms with Crippen LogP contribution in [-0.2, 0) is 35.7 Å². The number of carbonyl (C=O) groups excluding carboxylic acids is 1. The van der Waals surface area contributed by atoms with Crippen LogP contribution in [0.2, 0.25) is 0 Å². The van der Waals surface area contributed by atoms with Crippen molar-refractivity contribution in [1.29, 1.82) is 0 Å². The van der Waals surface area contributed by atoms with E-state index in [1.807, 2.05) is 4.90 Å². The Kier molecular flexibility index (Phi) is 5.27. The Balaban J connectivity index is 1.36. The van der Waals surface area contributed by atoms with Gasteiger partial charge >= 0.3 is 6.03 Å². The third-order valence-corrected chi connectivity index (χ3v) is 7.46. The molecule has 1 fully saturated rings. The monoisotopic (exact) mass is 442 g/mol. The highest BCUT2D eigenvalue weighted by molar-refractivity contribution is 7.90. The molecule has 9 nitrogen and oxygen atoms in total. The Morgan fingerprint density at radius 3 is 2.35 bits per heavy atom. The SMILES string of the molecule is O=C(Nc1c2c(cc3c1CCC3)CCC2)NS(=O)(=O)c1cncc(N2CCNCC2)n1. The van der Waals surface area contributed by atoms with Crippen LogP contribution in [0.3, 0.4) is 0 Å². The zero-order valence-corrected chi connectivity index (χ0v) is 18.1. The van der Waals surface area contributed by atoms with Crippen LogP contribution in [0.5, 0.6) is 0 Å². The van der Waals surface area contributed by atoms with Gasteiger partial charge in [0.1, 0.15) is 5.82 Å². The third-order valence-electron chi connectivity index (χ3n) is 6.25. The maximum absolute atomic E-state index is 12.8. The van der Waals surface area contributed by atoms with E-state index in [4.69, 9.17) is 0 Å². The van der Waals surface area contributed by atoms with E-state index in [0.717, 1.165) is 81.5 Å². The zero-order valence-electron chi connectivity index (χ0n) is 17.3. The van der Waals surface area contributed by atoms with Crippen molar-refractivity contribution in [2.75, 3.05) is 36.4 Å². The average Bonchev–Trinajstić information content (AvgIpc) is 3.43. The van der Waals surface area contributed by atoms with Crippen molar-refractivity contribution in [2.45, 2.75) is 43.6 Å². The van der Waals surface area contributed by atoms with Gasteiger partial charge in [-0.15, -0.1) is 0 Å². The molecule has 1 aliphatic heterocycles. The molecule has 2 aliphatic carbocycles. The number of nitrogens with one attached hydrogen (secondary N) is 3. The number of hydrogen-bond donors (Lipinski definition) is 3. The maximum Gasteiger partial charge on any atom is 0.333 e. The second-order valence-electron chi connectivity index (χ2n) is 8.25. The zero-order chi connectivity index (χ0) is 21.4. The summed E-state index contributed by atoms with van der Waals surface area (Å²) in [6, 6.07) is 1.51. The molecule has 5 rings (SSSR count). The lowest BCUT2D eigenvalue weighted by atomic mass is 9.99. The first kappa shape index (κ1) is 20.2. The summed E-state index contributed by atoms with van der Waals surface area (Å²) in [5, 5.41) is 5.83. The fourth-order valence-corrected chi connectivity index (χ4v) is 5.61. The maximum atomic E-state index is 12.8. The van der Waals surface area contributed by atoms with E-state index in [9.17, 15) is 13.2 Å². The van der Waals surface area contributed by atoms with E-state index in [0.29, 0.717) is 5.82 Å². The molecule has 31 heavy (non-hydrogen) atoms. The highest BCUT2D eigenvalue weighted by Crippen LogP contribution is 2.38. The Morgan fingerprint density at radius 1 is 1.00 bits per heavy atom. The number of rotatable bonds is 4. The summed E-state index contributed by atoms with van der Waals surface area (Å²) >= 11 is 0. The quantitative estimate of drug-likeness (QED) is 0.655. The van der Waals surface area contributed by atoms with E-state index in [1.54, 1.807) is 6.20 Å². The molecule has 0 bridgehead atoms. The molecule has 1 aromatic heterocycles. The van der Waals surface area contributed by atoms with Crippen LogP contribution in [0.15, 0.2) is 23.5 Å². The molecular weight excluding hydrogens is 416 g/mol. The lowest BCUT2D eigenvalue weighted by Gasteiger charge is -2.28. The van der Waals surface area contributed by atoms with Gasteiger partial charge in [-0.05, 0) is 60.8 Å². The molecule has 2 aromatic rings. The molecule has 1 aromatic carbocycles. The largest absolute Gasteiger partial charge is 0.353 e. The summed E-state index contributed by atoms with van der Waals surface area (Å²) in [6.07, 6.45) is 8.65. The Labute approximate surface area is 181 Å². The van der Waals surface area contributed by atoms with Gasteiger partial charge in [-0.3, -0.25) is 4.98 Å². The molecule has 3 N–H and O–H groups in total. The minimum Gasteiger partial charge on any atom is -0.353 e. The van der Waals surface area contributed by atoms with Crippen LogP contribution in [0.25, 0.3) is 0 Å². The number of sulfonamides is 1. The molecule has 2 amide bonds. The van der Waals surface area contributed by atoms with E-state index in [-0.39, 0.29) is 5.03 Å². The third kappa shape index (κ3) is 3.97. The van der Waals surface area contributed by atoms with E-state index >= 15 is 0 Å². The van der Waals surface area contributed by atoms with E-state index in [1.165, 1.54) is 17.3 Å². The molecule has 0 saturated carbocycles. The number of urea groups is 1. The van der Waals surface area contributed by atoms with E-state index in [2.05, 4.69) is 31.4 Å². The standard InChI is InChI=1S/C21H26N6O3S/c28-21(25-20-16-5-1-3-14(16)11-15-4-2-6-17(15)20)26-31(29,30)19-13-23-12-18(24-19)27-9-7-22-8-10-27/h11-13,22H,1-10H2,(H2,25,26,28). The van der Waals surface area contributed by atoms with Crippen LogP contribution < -0.4 is 20.3 Å². The fraction of sp³-hybridized carbons (Fsp3) is 0.476. The molecule has 0 radical (unpaired) electrons. The number of carbonyl (C=O) groups is 1. The van der Waals surface area contributed by atoms with Gasteiger partial charge in [0.2, 0.25) is 0 Å². The van der Waals surface area contributed by atoms with Gasteiger partial charge in [0, 0.05) is 31.9 Å². The average molecular weight is 443 g/mol. The number of aryl methyl sites for hydroxylation is 2. The van der Waals surface area contributed by atoms with Crippen LogP contribution >= 0.6 is 0 Å². The van der Waals surface area contributed by atoms with Crippen LogP contribution in [0.4, 0.5) is 16.3 Å². The highest BCUT2D eigenvalue weighted by Gasteiger charge is 2.27. The van der Waals surface area contributed by atoms with Crippen molar-refractivity contribution < 1.29 is 13.2 Å². The fourth-order valence-electron chi connectivity index (χ4n) is 4.79. The molecule has 1 saturated heterocycles. The second-order valence-corrected chi connectivity index (χ2v) is 9.88. The summed E-state index contributed by atoms with van der Waals surface area (Å²) in [7, 11) is -4.15. The lowest BCUT2D eigenvalue weighted by molar-refractivity contribution is 0.256. The van der Waals surface area contributed by atoms with Crippen LogP contribution in [-0.4, -0.2) is 50.6 Å². The summed E-state index contributed by atoms with van der Waals surface area (Å²) in [4.78, 5) is 23.0. The summed E-state index contributed by atoms with van der Waals surface area (Å²) in [5.41, 5.74) is 5.64. The van der Waals surface area contributed by atoms with Crippen molar-refractivity contribution in [3.63, 3.8) is 0 Å². The number of fused-ring (bicyclic) bond motifs is 2. The Bertz CT molecular complexity index is 1100. The van der Waals surface area contributed by atoms with Crippen LogP contribution in [0.1, 0.15) is 35.1 Å². The van der Waals surface area contributed by atoms with Crippen LogP contribution in [0, 0.1) is 0 Å². The molecule has 3 aliphatic rings. The highest BCUT2D eigenvalue weighted by atomic mass is 32.2. The van der Waals surface area contributed by atoms with Crippen molar-refractivity contribution in [2.24, 2.45) is 0 Å². The number of anilines is 2. The number of benzene rings is 1. The summed E-state index contributed by atoms with van der Waals surface area (Å²) in [6.45, 7) is 3.03. The molecule has 0 spiro atoms. The first-order chi connectivity index (χ1) is 15.0. The van der Waals surface area contributed by atoms with Crippen molar-refractivity contribution in [3.8, 4) is 0 Å². The van der Waals surface area contributed by atoms with Gasteiger partial charge in [0.15, 0.2) is 5.03 Å². The lowest BCUT2D eigenvalue weighted by Crippen LogP contribution is -2.44. The van der Waals surface area contributed by atoms with E-state index < -0.39 is 16.1 Å². The molecule has 0 unspecified atom stereocenters. The van der Waals surface area contributed by atoms with Gasteiger partial charge < -0.3 is 15.5 Å². The normalized spacial score (nSPS) is 17.9. The smallest absolute Gasteiger partial charge is 0.333 e. The second kappa shape index (κ2) is 8.08. The minimum absolute atomic E-state index is 0.262. The van der Waals surface area contributed by atoms with Gasteiger partial charge in [-0.2, -0.15) is 8.42 Å². The van der Waals surface area contributed by atoms with Crippen molar-refractivity contribution >= 4 is 27.6 Å². The summed E-state index contributed by atoms with van der Waals surface area (Å²) < 4.78 is 27.8. The Hall–Kier alpha value is -2.72. The molecule has 0 atom stereocenters. The predicted octanol–water partition coefficient (Wildman–Crippen LogP) is 1.37. The van der Waals surface area contributed by atoms with Gasteiger partial charge in [0.05, 0.1) is 12.4 Å². The first-order valence-corrected chi connectivity index (χ1v) is 12.3. The number of amides is 2. The predicted molar refractivity (Wildman–Crippen MR) is 117 cm³/mol.